The van der Waals surface area contributed by atoms with Gasteiger partial charge in [0, 0.05) is 23.0 Å². The number of furan rings is 1. The maximum absolute atomic E-state index is 6.00. The van der Waals surface area contributed by atoms with Crippen molar-refractivity contribution in [3.05, 3.63) is 36.0 Å². The van der Waals surface area contributed by atoms with Gasteiger partial charge in [0.2, 0.25) is 0 Å². The number of fused-ring (bicyclic) bond motifs is 3. The third-order valence-electron chi connectivity index (χ3n) is 4.47. The number of pyridine rings is 1. The molecule has 0 spiro atoms. The fourth-order valence-corrected chi connectivity index (χ4v) is 3.44. The SMILES string of the molecule is COc1ncc([C@@H]2CCCN2C)c2c1oc1ccccc12. The van der Waals surface area contributed by atoms with E-state index in [0.29, 0.717) is 11.9 Å². The molecule has 1 aliphatic heterocycles. The van der Waals surface area contributed by atoms with E-state index in [-0.39, 0.29) is 0 Å². The quantitative estimate of drug-likeness (QED) is 0.717. The van der Waals surface area contributed by atoms with Crippen LogP contribution in [0.5, 0.6) is 5.88 Å². The van der Waals surface area contributed by atoms with Crippen molar-refractivity contribution in [1.82, 2.24) is 9.88 Å². The van der Waals surface area contributed by atoms with E-state index in [4.69, 9.17) is 9.15 Å². The van der Waals surface area contributed by atoms with Gasteiger partial charge in [0.15, 0.2) is 5.58 Å². The summed E-state index contributed by atoms with van der Waals surface area (Å²) in [4.78, 5) is 6.85. The van der Waals surface area contributed by atoms with Crippen molar-refractivity contribution in [2.45, 2.75) is 18.9 Å². The predicted molar refractivity (Wildman–Crippen MR) is 82.7 cm³/mol. The number of likely N-dealkylation sites (tertiary alicyclic amines) is 1. The number of ether oxygens (including phenoxy) is 1. The average molecular weight is 282 g/mol. The summed E-state index contributed by atoms with van der Waals surface area (Å²) < 4.78 is 11.4. The summed E-state index contributed by atoms with van der Waals surface area (Å²) in [6, 6.07) is 8.56. The molecule has 0 aliphatic carbocycles. The maximum Gasteiger partial charge on any atom is 0.258 e. The minimum Gasteiger partial charge on any atom is -0.478 e. The third-order valence-corrected chi connectivity index (χ3v) is 4.47. The molecular formula is C17H18N2O2. The first-order valence-electron chi connectivity index (χ1n) is 7.34. The molecular weight excluding hydrogens is 264 g/mol. The molecule has 0 radical (unpaired) electrons. The Bertz CT molecular complexity index is 809. The molecule has 0 unspecified atom stereocenters. The van der Waals surface area contributed by atoms with Gasteiger partial charge in [-0.2, -0.15) is 0 Å². The molecule has 1 aliphatic rings. The second kappa shape index (κ2) is 4.74. The summed E-state index contributed by atoms with van der Waals surface area (Å²) in [6.07, 6.45) is 4.35. The summed E-state index contributed by atoms with van der Waals surface area (Å²) in [7, 11) is 3.81. The van der Waals surface area contributed by atoms with E-state index in [9.17, 15) is 0 Å². The van der Waals surface area contributed by atoms with Crippen LogP contribution in [0.3, 0.4) is 0 Å². The Hall–Kier alpha value is -2.07. The number of methoxy groups -OCH3 is 1. The highest BCUT2D eigenvalue weighted by Crippen LogP contribution is 2.41. The van der Waals surface area contributed by atoms with E-state index in [1.165, 1.54) is 18.4 Å². The average Bonchev–Trinajstić information content (AvgIpc) is 3.10. The van der Waals surface area contributed by atoms with Gasteiger partial charge in [-0.3, -0.25) is 4.90 Å². The van der Waals surface area contributed by atoms with Crippen molar-refractivity contribution in [2.24, 2.45) is 0 Å². The van der Waals surface area contributed by atoms with Crippen LogP contribution in [0.4, 0.5) is 0 Å². The monoisotopic (exact) mass is 282 g/mol. The Kier molecular flexibility index (Phi) is 2.86. The number of benzene rings is 1. The van der Waals surface area contributed by atoms with Crippen LogP contribution in [0.15, 0.2) is 34.9 Å². The van der Waals surface area contributed by atoms with Gasteiger partial charge >= 0.3 is 0 Å². The van der Waals surface area contributed by atoms with Crippen molar-refractivity contribution in [3.63, 3.8) is 0 Å². The van der Waals surface area contributed by atoms with Gasteiger partial charge in [-0.1, -0.05) is 18.2 Å². The van der Waals surface area contributed by atoms with E-state index < -0.39 is 0 Å². The van der Waals surface area contributed by atoms with E-state index in [2.05, 4.69) is 23.0 Å². The molecule has 0 N–H and O–H groups in total. The first-order chi connectivity index (χ1) is 10.3. The molecule has 108 valence electrons. The number of hydrogen-bond acceptors (Lipinski definition) is 4. The number of rotatable bonds is 2. The third kappa shape index (κ3) is 1.83. The fourth-order valence-electron chi connectivity index (χ4n) is 3.44. The van der Waals surface area contributed by atoms with Gasteiger partial charge in [-0.05, 0) is 38.1 Å². The molecule has 0 saturated carbocycles. The minimum absolute atomic E-state index is 0.409. The molecule has 3 heterocycles. The van der Waals surface area contributed by atoms with Crippen LogP contribution in [0.2, 0.25) is 0 Å². The number of aromatic nitrogens is 1. The molecule has 0 bridgehead atoms. The highest BCUT2D eigenvalue weighted by molar-refractivity contribution is 6.08. The predicted octanol–water partition coefficient (Wildman–Crippen LogP) is 3.76. The van der Waals surface area contributed by atoms with Crippen molar-refractivity contribution < 1.29 is 9.15 Å². The lowest BCUT2D eigenvalue weighted by Crippen LogP contribution is -2.17. The molecule has 4 rings (SSSR count). The van der Waals surface area contributed by atoms with E-state index in [1.807, 2.05) is 24.4 Å². The smallest absolute Gasteiger partial charge is 0.258 e. The summed E-state index contributed by atoms with van der Waals surface area (Å²) in [5.41, 5.74) is 2.90. The molecule has 1 aromatic carbocycles. The van der Waals surface area contributed by atoms with Crippen molar-refractivity contribution in [1.29, 1.82) is 0 Å². The second-order valence-corrected chi connectivity index (χ2v) is 5.66. The molecule has 4 nitrogen and oxygen atoms in total. The number of para-hydroxylation sites is 1. The Morgan fingerprint density at radius 3 is 2.95 bits per heavy atom. The van der Waals surface area contributed by atoms with Crippen LogP contribution in [0.25, 0.3) is 21.9 Å². The van der Waals surface area contributed by atoms with Crippen molar-refractivity contribution in [2.75, 3.05) is 20.7 Å². The Morgan fingerprint density at radius 1 is 1.33 bits per heavy atom. The zero-order valence-corrected chi connectivity index (χ0v) is 12.3. The standard InChI is InChI=1S/C17H18N2O2/c1-19-9-5-7-13(19)12-10-18-17(20-2)16-15(12)11-6-3-4-8-14(11)21-16/h3-4,6,8,10,13H,5,7,9H2,1-2H3/t13-/m0/s1. The van der Waals surface area contributed by atoms with Crippen LogP contribution in [-0.4, -0.2) is 30.6 Å². The Balaban J connectivity index is 2.07. The first-order valence-corrected chi connectivity index (χ1v) is 7.34. The lowest BCUT2D eigenvalue weighted by molar-refractivity contribution is 0.318. The first kappa shape index (κ1) is 12.7. The Morgan fingerprint density at radius 2 is 2.19 bits per heavy atom. The molecule has 1 atom stereocenters. The van der Waals surface area contributed by atoms with Crippen LogP contribution >= 0.6 is 0 Å². The minimum atomic E-state index is 0.409. The zero-order valence-electron chi connectivity index (χ0n) is 12.3. The molecule has 2 aromatic heterocycles. The topological polar surface area (TPSA) is 38.5 Å². The number of hydrogen-bond donors (Lipinski definition) is 0. The van der Waals surface area contributed by atoms with Gasteiger partial charge in [0.05, 0.1) is 7.11 Å². The van der Waals surface area contributed by atoms with Gasteiger partial charge in [0.1, 0.15) is 5.58 Å². The lowest BCUT2D eigenvalue weighted by atomic mass is 10.0. The molecule has 3 aromatic rings. The van der Waals surface area contributed by atoms with Crippen molar-refractivity contribution in [3.8, 4) is 5.88 Å². The summed E-state index contributed by atoms with van der Waals surface area (Å²) in [5.74, 6) is 0.561. The van der Waals surface area contributed by atoms with Crippen LogP contribution in [0, 0.1) is 0 Å². The Labute approximate surface area is 123 Å². The van der Waals surface area contributed by atoms with Gasteiger partial charge in [-0.15, -0.1) is 0 Å². The van der Waals surface area contributed by atoms with Gasteiger partial charge in [-0.25, -0.2) is 4.98 Å². The zero-order chi connectivity index (χ0) is 14.4. The maximum atomic E-state index is 6.00. The van der Waals surface area contributed by atoms with Crippen LogP contribution in [0.1, 0.15) is 24.4 Å². The van der Waals surface area contributed by atoms with Crippen molar-refractivity contribution >= 4 is 21.9 Å². The molecule has 4 heteroatoms. The molecule has 1 fully saturated rings. The molecule has 0 amide bonds. The molecule has 21 heavy (non-hydrogen) atoms. The van der Waals surface area contributed by atoms with Gasteiger partial charge < -0.3 is 9.15 Å². The van der Waals surface area contributed by atoms with E-state index in [0.717, 1.165) is 28.5 Å². The van der Waals surface area contributed by atoms with Crippen LogP contribution < -0.4 is 4.74 Å². The van der Waals surface area contributed by atoms with Crippen LogP contribution in [-0.2, 0) is 0 Å². The summed E-state index contributed by atoms with van der Waals surface area (Å²) >= 11 is 0. The lowest BCUT2D eigenvalue weighted by Gasteiger charge is -2.20. The fraction of sp³-hybridized carbons (Fsp3) is 0.353. The van der Waals surface area contributed by atoms with E-state index in [1.54, 1.807) is 7.11 Å². The highest BCUT2D eigenvalue weighted by Gasteiger charge is 2.27. The molecule has 1 saturated heterocycles. The van der Waals surface area contributed by atoms with Gasteiger partial charge in [0.25, 0.3) is 5.88 Å². The normalized spacial score (nSPS) is 19.6. The largest absolute Gasteiger partial charge is 0.478 e. The van der Waals surface area contributed by atoms with E-state index >= 15 is 0 Å². The number of nitrogens with zero attached hydrogens (tertiary/aromatic N) is 2. The second-order valence-electron chi connectivity index (χ2n) is 5.66. The highest BCUT2D eigenvalue weighted by atomic mass is 16.5. The summed E-state index contributed by atoms with van der Waals surface area (Å²) in [6.45, 7) is 1.13. The summed E-state index contributed by atoms with van der Waals surface area (Å²) in [5, 5.41) is 2.29.